The number of nitrogens with one attached hydrogen (secondary N) is 2. The second kappa shape index (κ2) is 5.43. The summed E-state index contributed by atoms with van der Waals surface area (Å²) in [6.07, 6.45) is 0. The average molecular weight is 314 g/mol. The summed E-state index contributed by atoms with van der Waals surface area (Å²) in [7, 11) is 0. The number of aromatic amines is 1. The first kappa shape index (κ1) is 14.2. The Morgan fingerprint density at radius 1 is 1.50 bits per heavy atom. The fourth-order valence-electron chi connectivity index (χ4n) is 1.54. The summed E-state index contributed by atoms with van der Waals surface area (Å²) in [6.45, 7) is 1.59. The van der Waals surface area contributed by atoms with Crippen LogP contribution in [0.25, 0.3) is 0 Å². The molecule has 0 saturated heterocycles. The van der Waals surface area contributed by atoms with Crippen LogP contribution in [-0.2, 0) is 0 Å². The molecule has 2 aromatic rings. The number of aryl methyl sites for hydroxylation is 1. The van der Waals surface area contributed by atoms with Gasteiger partial charge in [0.05, 0.1) is 4.92 Å². The van der Waals surface area contributed by atoms with E-state index in [4.69, 9.17) is 11.6 Å². The highest BCUT2D eigenvalue weighted by atomic mass is 35.5. The van der Waals surface area contributed by atoms with Gasteiger partial charge in [0.25, 0.3) is 11.6 Å². The van der Waals surface area contributed by atoms with Gasteiger partial charge in [-0.25, -0.2) is 0 Å². The third-order valence-corrected chi connectivity index (χ3v) is 3.73. The highest BCUT2D eigenvalue weighted by molar-refractivity contribution is 7.11. The third-order valence-electron chi connectivity index (χ3n) is 2.43. The van der Waals surface area contributed by atoms with Crippen molar-refractivity contribution in [2.75, 3.05) is 5.32 Å². The predicted molar refractivity (Wildman–Crippen MR) is 75.7 cm³/mol. The molecule has 7 nitrogen and oxygen atoms in total. The number of amides is 1. The standard InChI is InChI=1S/C11H8ClN3O4S/c1-5-9(20-11(17)13-5)10(16)14-6-2-3-7(12)8(4-6)15(18)19/h2-4H,1H3,(H,13,17)(H,14,16). The molecular weight excluding hydrogens is 306 g/mol. The number of benzene rings is 1. The van der Waals surface area contributed by atoms with Gasteiger partial charge < -0.3 is 10.3 Å². The molecule has 0 saturated carbocycles. The van der Waals surface area contributed by atoms with E-state index in [0.717, 1.165) is 17.4 Å². The van der Waals surface area contributed by atoms with Crippen LogP contribution in [0.3, 0.4) is 0 Å². The van der Waals surface area contributed by atoms with Crippen molar-refractivity contribution in [2.24, 2.45) is 0 Å². The van der Waals surface area contributed by atoms with Gasteiger partial charge in [-0.1, -0.05) is 22.9 Å². The van der Waals surface area contributed by atoms with Crippen LogP contribution in [0.15, 0.2) is 23.0 Å². The summed E-state index contributed by atoms with van der Waals surface area (Å²) in [5, 5.41) is 13.2. The minimum atomic E-state index is -0.641. The van der Waals surface area contributed by atoms with Crippen LogP contribution in [0.2, 0.25) is 5.02 Å². The Kier molecular flexibility index (Phi) is 3.86. The zero-order valence-corrected chi connectivity index (χ0v) is 11.7. The summed E-state index contributed by atoms with van der Waals surface area (Å²) in [5.41, 5.74) is 0.371. The van der Waals surface area contributed by atoms with Crippen molar-refractivity contribution < 1.29 is 9.72 Å². The van der Waals surface area contributed by atoms with Gasteiger partial charge in [-0.2, -0.15) is 0 Å². The Balaban J connectivity index is 2.28. The van der Waals surface area contributed by atoms with E-state index < -0.39 is 10.8 Å². The Hall–Kier alpha value is -2.19. The molecule has 0 unspecified atom stereocenters. The predicted octanol–water partition coefficient (Wildman–Crippen LogP) is 2.56. The van der Waals surface area contributed by atoms with Crippen LogP contribution in [-0.4, -0.2) is 15.8 Å². The summed E-state index contributed by atoms with van der Waals surface area (Å²) < 4.78 is 0. The Morgan fingerprint density at radius 3 is 2.75 bits per heavy atom. The van der Waals surface area contributed by atoms with Crippen LogP contribution in [0.1, 0.15) is 15.4 Å². The number of aromatic nitrogens is 1. The van der Waals surface area contributed by atoms with Crippen molar-refractivity contribution >= 4 is 40.2 Å². The van der Waals surface area contributed by atoms with E-state index in [2.05, 4.69) is 10.3 Å². The number of hydrogen-bond acceptors (Lipinski definition) is 5. The largest absolute Gasteiger partial charge is 0.321 e. The number of nitro groups is 1. The van der Waals surface area contributed by atoms with Crippen molar-refractivity contribution in [2.45, 2.75) is 6.92 Å². The highest BCUT2D eigenvalue weighted by Gasteiger charge is 2.17. The number of rotatable bonds is 3. The van der Waals surface area contributed by atoms with Crippen LogP contribution in [0.5, 0.6) is 0 Å². The summed E-state index contributed by atoms with van der Waals surface area (Å²) >= 11 is 6.45. The minimum Gasteiger partial charge on any atom is -0.321 e. The number of H-pyrrole nitrogens is 1. The zero-order chi connectivity index (χ0) is 14.9. The summed E-state index contributed by atoms with van der Waals surface area (Å²) in [6, 6.07) is 3.92. The quantitative estimate of drug-likeness (QED) is 0.671. The Morgan fingerprint density at radius 2 is 2.20 bits per heavy atom. The number of carbonyl (C=O) groups is 1. The fourth-order valence-corrected chi connectivity index (χ4v) is 2.46. The van der Waals surface area contributed by atoms with E-state index in [1.54, 1.807) is 6.92 Å². The lowest BCUT2D eigenvalue weighted by atomic mass is 10.2. The molecule has 0 aliphatic heterocycles. The fraction of sp³-hybridized carbons (Fsp3) is 0.0909. The molecule has 0 aliphatic carbocycles. The van der Waals surface area contributed by atoms with Crippen LogP contribution < -0.4 is 10.2 Å². The minimum absolute atomic E-state index is 0.0181. The SMILES string of the molecule is Cc1[nH]c(=O)sc1C(=O)Nc1ccc(Cl)c([N+](=O)[O-])c1. The van der Waals surface area contributed by atoms with Crippen LogP contribution >= 0.6 is 22.9 Å². The lowest BCUT2D eigenvalue weighted by Gasteiger charge is -2.04. The van der Waals surface area contributed by atoms with Gasteiger partial charge in [-0.05, 0) is 19.1 Å². The molecule has 1 aromatic carbocycles. The van der Waals surface area contributed by atoms with E-state index in [1.807, 2.05) is 0 Å². The Labute approximate surface area is 121 Å². The topological polar surface area (TPSA) is 105 Å². The second-order valence-electron chi connectivity index (χ2n) is 3.85. The number of carbonyl (C=O) groups excluding carboxylic acids is 1. The molecule has 1 heterocycles. The van der Waals surface area contributed by atoms with Gasteiger partial charge in [-0.15, -0.1) is 0 Å². The molecule has 1 amide bonds. The number of nitro benzene ring substituents is 1. The highest BCUT2D eigenvalue weighted by Crippen LogP contribution is 2.27. The second-order valence-corrected chi connectivity index (χ2v) is 5.24. The van der Waals surface area contributed by atoms with Gasteiger partial charge in [-0.3, -0.25) is 19.7 Å². The molecule has 104 valence electrons. The normalized spacial score (nSPS) is 10.3. The number of halogens is 1. The Bertz CT molecular complexity index is 752. The van der Waals surface area contributed by atoms with Gasteiger partial charge >= 0.3 is 4.87 Å². The van der Waals surface area contributed by atoms with Gasteiger partial charge in [0, 0.05) is 17.4 Å². The molecule has 0 bridgehead atoms. The average Bonchev–Trinajstić information content (AvgIpc) is 2.70. The third kappa shape index (κ3) is 2.86. The van der Waals surface area contributed by atoms with E-state index in [0.29, 0.717) is 5.69 Å². The number of hydrogen-bond donors (Lipinski definition) is 2. The molecular formula is C11H8ClN3O4S. The van der Waals surface area contributed by atoms with Crippen LogP contribution in [0.4, 0.5) is 11.4 Å². The lowest BCUT2D eigenvalue weighted by Crippen LogP contribution is -2.11. The summed E-state index contributed by atoms with van der Waals surface area (Å²) in [5.74, 6) is -0.512. The number of thiazole rings is 1. The van der Waals surface area contributed by atoms with Crippen molar-refractivity contribution in [3.8, 4) is 0 Å². The van der Waals surface area contributed by atoms with E-state index in [9.17, 15) is 19.7 Å². The first-order valence-corrected chi connectivity index (χ1v) is 6.53. The number of nitrogens with zero attached hydrogens (tertiary/aromatic N) is 1. The summed E-state index contributed by atoms with van der Waals surface area (Å²) in [4.78, 5) is 35.6. The maximum absolute atomic E-state index is 12.0. The molecule has 1 aromatic heterocycles. The monoisotopic (exact) mass is 313 g/mol. The van der Waals surface area contributed by atoms with E-state index in [1.165, 1.54) is 12.1 Å². The lowest BCUT2D eigenvalue weighted by molar-refractivity contribution is -0.384. The van der Waals surface area contributed by atoms with Crippen molar-refractivity contribution in [1.29, 1.82) is 0 Å². The maximum atomic E-state index is 12.0. The first-order chi connectivity index (χ1) is 9.38. The first-order valence-electron chi connectivity index (χ1n) is 5.33. The van der Waals surface area contributed by atoms with Crippen molar-refractivity contribution in [1.82, 2.24) is 4.98 Å². The molecule has 2 N–H and O–H groups in total. The van der Waals surface area contributed by atoms with E-state index in [-0.39, 0.29) is 26.1 Å². The van der Waals surface area contributed by atoms with Gasteiger partial charge in [0.1, 0.15) is 9.90 Å². The molecule has 0 spiro atoms. The van der Waals surface area contributed by atoms with Crippen LogP contribution in [0, 0.1) is 17.0 Å². The van der Waals surface area contributed by atoms with E-state index >= 15 is 0 Å². The molecule has 0 fully saturated rings. The molecule has 20 heavy (non-hydrogen) atoms. The van der Waals surface area contributed by atoms with Gasteiger partial charge in [0.2, 0.25) is 0 Å². The molecule has 9 heteroatoms. The molecule has 0 aliphatic rings. The zero-order valence-electron chi connectivity index (χ0n) is 10.1. The van der Waals surface area contributed by atoms with Crippen molar-refractivity contribution in [3.05, 3.63) is 53.6 Å². The molecule has 0 atom stereocenters. The van der Waals surface area contributed by atoms with Gasteiger partial charge in [0.15, 0.2) is 0 Å². The maximum Gasteiger partial charge on any atom is 0.305 e. The molecule has 0 radical (unpaired) electrons. The smallest absolute Gasteiger partial charge is 0.305 e. The number of anilines is 1. The van der Waals surface area contributed by atoms with Crippen molar-refractivity contribution in [3.63, 3.8) is 0 Å². The molecule has 2 rings (SSSR count).